The van der Waals surface area contributed by atoms with Gasteiger partial charge in [-0.2, -0.15) is 0 Å². The van der Waals surface area contributed by atoms with Crippen molar-refractivity contribution >= 4 is 0 Å². The summed E-state index contributed by atoms with van der Waals surface area (Å²) in [6, 6.07) is 0. The molecular weight excluding hydrogens is 200 g/mol. The van der Waals surface area contributed by atoms with Crippen LogP contribution in [0.2, 0.25) is 0 Å². The van der Waals surface area contributed by atoms with Crippen molar-refractivity contribution in [2.75, 3.05) is 0 Å². The van der Waals surface area contributed by atoms with E-state index in [0.717, 1.165) is 25.7 Å². The van der Waals surface area contributed by atoms with Crippen molar-refractivity contribution in [1.29, 1.82) is 0 Å². The summed E-state index contributed by atoms with van der Waals surface area (Å²) in [5.74, 6) is 0. The topological polar surface area (TPSA) is 29.5 Å². The van der Waals surface area contributed by atoms with E-state index < -0.39 is 5.60 Å². The second-order valence-electron chi connectivity index (χ2n) is 6.06. The predicted octanol–water partition coefficient (Wildman–Crippen LogP) is 3.52. The second-order valence-corrected chi connectivity index (χ2v) is 6.06. The van der Waals surface area contributed by atoms with E-state index in [1.807, 2.05) is 13.8 Å². The van der Waals surface area contributed by atoms with Gasteiger partial charge in [0.2, 0.25) is 0 Å². The fourth-order valence-electron chi connectivity index (χ4n) is 2.56. The van der Waals surface area contributed by atoms with E-state index in [4.69, 9.17) is 4.74 Å². The number of aliphatic hydroxyl groups is 1. The standard InChI is InChI=1S/C14H28O2/c1-6-14(5,7-2)12-10-8-9-11(16-12)13(3,4)15/h11-12,15H,6-10H2,1-5H3. The van der Waals surface area contributed by atoms with E-state index in [-0.39, 0.29) is 11.5 Å². The highest BCUT2D eigenvalue weighted by Gasteiger charge is 2.39. The number of hydrogen-bond donors (Lipinski definition) is 1. The maximum atomic E-state index is 10.0. The number of ether oxygens (including phenoxy) is 1. The Hall–Kier alpha value is -0.0800. The van der Waals surface area contributed by atoms with E-state index in [9.17, 15) is 5.11 Å². The molecule has 0 aromatic carbocycles. The monoisotopic (exact) mass is 228 g/mol. The van der Waals surface area contributed by atoms with Crippen LogP contribution in [0.3, 0.4) is 0 Å². The fraction of sp³-hybridized carbons (Fsp3) is 1.00. The zero-order valence-corrected chi connectivity index (χ0v) is 11.5. The first kappa shape index (κ1) is 14.0. The third-order valence-corrected chi connectivity index (χ3v) is 4.44. The van der Waals surface area contributed by atoms with Gasteiger partial charge in [-0.15, -0.1) is 0 Å². The molecule has 1 heterocycles. The van der Waals surface area contributed by atoms with Crippen molar-refractivity contribution in [2.45, 2.75) is 84.5 Å². The van der Waals surface area contributed by atoms with Crippen molar-refractivity contribution in [3.8, 4) is 0 Å². The van der Waals surface area contributed by atoms with E-state index in [2.05, 4.69) is 20.8 Å². The molecular formula is C14H28O2. The van der Waals surface area contributed by atoms with Gasteiger partial charge in [0, 0.05) is 0 Å². The van der Waals surface area contributed by atoms with Gasteiger partial charge in [-0.05, 0) is 51.4 Å². The normalized spacial score (nSPS) is 28.1. The largest absolute Gasteiger partial charge is 0.388 e. The molecule has 1 aliphatic rings. The molecule has 0 amide bonds. The maximum absolute atomic E-state index is 10.0. The lowest BCUT2D eigenvalue weighted by molar-refractivity contribution is -0.174. The Morgan fingerprint density at radius 3 is 2.00 bits per heavy atom. The lowest BCUT2D eigenvalue weighted by Gasteiger charge is -2.44. The molecule has 0 radical (unpaired) electrons. The molecule has 16 heavy (non-hydrogen) atoms. The van der Waals surface area contributed by atoms with Crippen LogP contribution >= 0.6 is 0 Å². The molecule has 96 valence electrons. The third-order valence-electron chi connectivity index (χ3n) is 4.44. The molecule has 0 bridgehead atoms. The minimum absolute atomic E-state index is 0.00340. The summed E-state index contributed by atoms with van der Waals surface area (Å²) in [6.07, 6.45) is 5.92. The Labute approximate surface area is 100 Å². The van der Waals surface area contributed by atoms with Crippen LogP contribution in [0, 0.1) is 5.41 Å². The van der Waals surface area contributed by atoms with Crippen LogP contribution in [0.4, 0.5) is 0 Å². The van der Waals surface area contributed by atoms with E-state index in [0.29, 0.717) is 6.10 Å². The maximum Gasteiger partial charge on any atom is 0.0860 e. The Balaban J connectivity index is 2.70. The molecule has 2 heteroatoms. The first-order valence-corrected chi connectivity index (χ1v) is 6.71. The minimum Gasteiger partial charge on any atom is -0.388 e. The summed E-state index contributed by atoms with van der Waals surface area (Å²) in [5.41, 5.74) is -0.440. The quantitative estimate of drug-likeness (QED) is 0.797. The van der Waals surface area contributed by atoms with Gasteiger partial charge in [-0.3, -0.25) is 0 Å². The molecule has 1 rings (SSSR count). The van der Waals surface area contributed by atoms with Crippen molar-refractivity contribution in [2.24, 2.45) is 5.41 Å². The SMILES string of the molecule is CCC(C)(CC)C1CCCC(C(C)(C)O)O1. The van der Waals surface area contributed by atoms with Crippen LogP contribution in [-0.2, 0) is 4.74 Å². The van der Waals surface area contributed by atoms with Gasteiger partial charge < -0.3 is 9.84 Å². The summed E-state index contributed by atoms with van der Waals surface area (Å²) < 4.78 is 6.15. The van der Waals surface area contributed by atoms with Gasteiger partial charge in [-0.25, -0.2) is 0 Å². The first-order chi connectivity index (χ1) is 7.33. The molecule has 1 N–H and O–H groups in total. The Bertz CT molecular complexity index is 213. The lowest BCUT2D eigenvalue weighted by atomic mass is 9.75. The summed E-state index contributed by atoms with van der Waals surface area (Å²) in [4.78, 5) is 0. The van der Waals surface area contributed by atoms with Crippen LogP contribution in [0.1, 0.15) is 66.7 Å². The Morgan fingerprint density at radius 1 is 1.06 bits per heavy atom. The Morgan fingerprint density at radius 2 is 1.56 bits per heavy atom. The predicted molar refractivity (Wildman–Crippen MR) is 67.5 cm³/mol. The van der Waals surface area contributed by atoms with Crippen LogP contribution in [0.5, 0.6) is 0 Å². The molecule has 1 saturated heterocycles. The van der Waals surface area contributed by atoms with Crippen molar-refractivity contribution in [1.82, 2.24) is 0 Å². The Kier molecular flexibility index (Phi) is 4.42. The molecule has 0 saturated carbocycles. The molecule has 2 unspecified atom stereocenters. The molecule has 0 aromatic heterocycles. The van der Waals surface area contributed by atoms with Crippen LogP contribution in [0.25, 0.3) is 0 Å². The highest BCUT2D eigenvalue weighted by atomic mass is 16.5. The zero-order chi connectivity index (χ0) is 12.4. The molecule has 1 aliphatic heterocycles. The van der Waals surface area contributed by atoms with Gasteiger partial charge in [0.15, 0.2) is 0 Å². The molecule has 2 atom stereocenters. The summed E-state index contributed by atoms with van der Waals surface area (Å²) in [5, 5.41) is 10.0. The van der Waals surface area contributed by atoms with Gasteiger partial charge >= 0.3 is 0 Å². The average Bonchev–Trinajstić information content (AvgIpc) is 2.27. The van der Waals surface area contributed by atoms with Gasteiger partial charge in [-0.1, -0.05) is 20.8 Å². The minimum atomic E-state index is -0.707. The molecule has 2 nitrogen and oxygen atoms in total. The fourth-order valence-corrected chi connectivity index (χ4v) is 2.56. The van der Waals surface area contributed by atoms with E-state index >= 15 is 0 Å². The number of hydrogen-bond acceptors (Lipinski definition) is 2. The first-order valence-electron chi connectivity index (χ1n) is 6.71. The van der Waals surface area contributed by atoms with E-state index in [1.165, 1.54) is 6.42 Å². The van der Waals surface area contributed by atoms with Crippen molar-refractivity contribution in [3.63, 3.8) is 0 Å². The zero-order valence-electron chi connectivity index (χ0n) is 11.5. The average molecular weight is 228 g/mol. The highest BCUT2D eigenvalue weighted by molar-refractivity contribution is 4.89. The number of rotatable bonds is 4. The smallest absolute Gasteiger partial charge is 0.0860 e. The summed E-state index contributed by atoms with van der Waals surface area (Å²) in [7, 11) is 0. The summed E-state index contributed by atoms with van der Waals surface area (Å²) >= 11 is 0. The van der Waals surface area contributed by atoms with E-state index in [1.54, 1.807) is 0 Å². The third kappa shape index (κ3) is 2.98. The second kappa shape index (κ2) is 5.05. The van der Waals surface area contributed by atoms with Gasteiger partial charge in [0.25, 0.3) is 0 Å². The van der Waals surface area contributed by atoms with Crippen molar-refractivity contribution in [3.05, 3.63) is 0 Å². The molecule has 1 fully saturated rings. The summed E-state index contributed by atoms with van der Waals surface area (Å²) in [6.45, 7) is 10.5. The van der Waals surface area contributed by atoms with Crippen LogP contribution in [0.15, 0.2) is 0 Å². The van der Waals surface area contributed by atoms with Gasteiger partial charge in [0.05, 0.1) is 17.8 Å². The molecule has 0 aromatic rings. The van der Waals surface area contributed by atoms with Crippen LogP contribution < -0.4 is 0 Å². The lowest BCUT2D eigenvalue weighted by Crippen LogP contribution is -2.47. The van der Waals surface area contributed by atoms with Gasteiger partial charge in [0.1, 0.15) is 0 Å². The van der Waals surface area contributed by atoms with Crippen molar-refractivity contribution < 1.29 is 9.84 Å². The molecule has 0 spiro atoms. The molecule has 0 aliphatic carbocycles. The highest BCUT2D eigenvalue weighted by Crippen LogP contribution is 2.39. The van der Waals surface area contributed by atoms with Crippen LogP contribution in [-0.4, -0.2) is 22.9 Å².